The van der Waals surface area contributed by atoms with Crippen molar-refractivity contribution in [3.05, 3.63) is 0 Å². The van der Waals surface area contributed by atoms with Crippen LogP contribution in [0.3, 0.4) is 0 Å². The van der Waals surface area contributed by atoms with E-state index < -0.39 is 0 Å². The molecule has 0 aliphatic carbocycles. The lowest BCUT2D eigenvalue weighted by atomic mass is 10.5. The van der Waals surface area contributed by atoms with Gasteiger partial charge in [-0.2, -0.15) is 5.26 Å². The molecule has 0 atom stereocenters. The summed E-state index contributed by atoms with van der Waals surface area (Å²) in [6.07, 6.45) is 0.372. The first-order valence-electron chi connectivity index (χ1n) is 1.60. The third-order valence-electron chi connectivity index (χ3n) is 0.332. The molecule has 42 valence electrons. The van der Waals surface area contributed by atoms with Gasteiger partial charge in [0.15, 0.2) is 0 Å². The van der Waals surface area contributed by atoms with Gasteiger partial charge >= 0.3 is 0 Å². The predicted octanol–water partition coefficient (Wildman–Crippen LogP) is -1.03. The van der Waals surface area contributed by atoms with E-state index in [-0.39, 0.29) is 5.48 Å². The van der Waals surface area contributed by atoms with Crippen molar-refractivity contribution in [1.29, 1.82) is 5.26 Å². The Morgan fingerprint density at radius 2 is 2.29 bits per heavy atom. The largest absolute Gasteiger partial charge is 0.412 e. The van der Waals surface area contributed by atoms with E-state index in [1.807, 2.05) is 6.07 Å². The molecule has 0 aliphatic heterocycles. The molecule has 4 heteroatoms. The van der Waals surface area contributed by atoms with Crippen LogP contribution in [0.1, 0.15) is 6.42 Å². The van der Waals surface area contributed by atoms with Crippen molar-refractivity contribution in [2.75, 3.05) is 6.61 Å². The molecule has 0 unspecified atom stereocenters. The Morgan fingerprint density at radius 3 is 2.43 bits per heavy atom. The minimum Gasteiger partial charge on any atom is -0.412 e. The van der Waals surface area contributed by atoms with E-state index in [9.17, 15) is 0 Å². The number of nitrogens with two attached hydrogens (primary N) is 1. The fourth-order valence-electron chi connectivity index (χ4n) is 0.105. The molecule has 0 aromatic carbocycles. The highest BCUT2D eigenvalue weighted by molar-refractivity contribution is 4.66. The zero-order valence-corrected chi connectivity index (χ0v) is 3.85. The van der Waals surface area contributed by atoms with Crippen LogP contribution in [0.15, 0.2) is 0 Å². The van der Waals surface area contributed by atoms with Crippen LogP contribution in [-0.2, 0) is 4.84 Å². The average molecular weight is 104 g/mol. The van der Waals surface area contributed by atoms with Crippen molar-refractivity contribution < 1.29 is 10.3 Å². The minimum atomic E-state index is 0. The number of hydrogen-bond acceptors (Lipinski definition) is 3. The molecule has 0 heterocycles. The molecule has 0 saturated carbocycles. The van der Waals surface area contributed by atoms with Crippen LogP contribution in [0, 0.1) is 11.3 Å². The van der Waals surface area contributed by atoms with Crippen molar-refractivity contribution in [3.63, 3.8) is 0 Å². The lowest BCUT2D eigenvalue weighted by molar-refractivity contribution is 0.144. The van der Waals surface area contributed by atoms with Crippen molar-refractivity contribution in [3.8, 4) is 6.07 Å². The van der Waals surface area contributed by atoms with Gasteiger partial charge in [-0.1, -0.05) is 0 Å². The molecule has 0 aromatic rings. The number of rotatable bonds is 2. The van der Waals surface area contributed by atoms with Gasteiger partial charge in [-0.15, -0.1) is 0 Å². The zero-order chi connectivity index (χ0) is 4.83. The quantitative estimate of drug-likeness (QED) is 0.358. The molecule has 0 amide bonds. The predicted molar refractivity (Wildman–Crippen MR) is 24.0 cm³/mol. The Balaban J connectivity index is 0. The van der Waals surface area contributed by atoms with Gasteiger partial charge in [-0.3, -0.25) is 0 Å². The van der Waals surface area contributed by atoms with Crippen LogP contribution in [0.25, 0.3) is 0 Å². The highest BCUT2D eigenvalue weighted by atomic mass is 16.6. The van der Waals surface area contributed by atoms with E-state index in [2.05, 4.69) is 10.7 Å². The summed E-state index contributed by atoms with van der Waals surface area (Å²) in [5, 5.41) is 7.81. The van der Waals surface area contributed by atoms with Crippen LogP contribution < -0.4 is 5.90 Å². The summed E-state index contributed by atoms with van der Waals surface area (Å²) in [6.45, 7) is 0.330. The van der Waals surface area contributed by atoms with Crippen LogP contribution in [0.5, 0.6) is 0 Å². The Labute approximate surface area is 41.7 Å². The molecule has 4 N–H and O–H groups in total. The Hall–Kier alpha value is -0.630. The van der Waals surface area contributed by atoms with Crippen LogP contribution in [-0.4, -0.2) is 12.1 Å². The summed E-state index contributed by atoms with van der Waals surface area (Å²) in [7, 11) is 0. The second-order valence-corrected chi connectivity index (χ2v) is 0.779. The first-order valence-corrected chi connectivity index (χ1v) is 1.60. The first kappa shape index (κ1) is 9.62. The normalized spacial score (nSPS) is 6.29. The summed E-state index contributed by atoms with van der Waals surface area (Å²) in [4.78, 5) is 4.06. The van der Waals surface area contributed by atoms with Crippen molar-refractivity contribution in [2.24, 2.45) is 5.90 Å². The molecule has 4 nitrogen and oxygen atoms in total. The second kappa shape index (κ2) is 9.03. The van der Waals surface area contributed by atoms with Gasteiger partial charge in [0.05, 0.1) is 19.1 Å². The smallest absolute Gasteiger partial charge is 0.0809 e. The highest BCUT2D eigenvalue weighted by Crippen LogP contribution is 1.68. The van der Waals surface area contributed by atoms with Gasteiger partial charge in [0.1, 0.15) is 0 Å². The standard InChI is InChI=1S/C3H6N2O.H2O/c4-2-1-3-6-5;/h1,3,5H2;1H2. The van der Waals surface area contributed by atoms with Crippen molar-refractivity contribution in [2.45, 2.75) is 6.42 Å². The second-order valence-electron chi connectivity index (χ2n) is 0.779. The lowest BCUT2D eigenvalue weighted by Crippen LogP contribution is -1.98. The SMILES string of the molecule is N#CCCON.O. The van der Waals surface area contributed by atoms with E-state index in [4.69, 9.17) is 5.26 Å². The third kappa shape index (κ3) is 10.9. The van der Waals surface area contributed by atoms with Crippen LogP contribution in [0.2, 0.25) is 0 Å². The Bertz CT molecular complexity index is 58.4. The van der Waals surface area contributed by atoms with Gasteiger partial charge in [0.25, 0.3) is 0 Å². The maximum atomic E-state index is 7.81. The molecule has 0 radical (unpaired) electrons. The monoisotopic (exact) mass is 104 g/mol. The van der Waals surface area contributed by atoms with E-state index >= 15 is 0 Å². The molecule has 0 rings (SSSR count). The molecule has 0 aromatic heterocycles. The zero-order valence-electron chi connectivity index (χ0n) is 3.85. The van der Waals surface area contributed by atoms with E-state index in [1.54, 1.807) is 0 Å². The summed E-state index contributed by atoms with van der Waals surface area (Å²) in [5.74, 6) is 4.56. The topological polar surface area (TPSA) is 90.5 Å². The van der Waals surface area contributed by atoms with Gasteiger partial charge in [-0.05, 0) is 0 Å². The van der Waals surface area contributed by atoms with E-state index in [0.29, 0.717) is 13.0 Å². The minimum absolute atomic E-state index is 0. The van der Waals surface area contributed by atoms with Crippen LogP contribution >= 0.6 is 0 Å². The highest BCUT2D eigenvalue weighted by Gasteiger charge is 1.74. The summed E-state index contributed by atoms with van der Waals surface area (Å²) in [6, 6.07) is 1.86. The molecule has 0 bridgehead atoms. The fourth-order valence-corrected chi connectivity index (χ4v) is 0.105. The van der Waals surface area contributed by atoms with E-state index in [0.717, 1.165) is 0 Å². The maximum absolute atomic E-state index is 7.81. The molecule has 0 spiro atoms. The van der Waals surface area contributed by atoms with Gasteiger partial charge < -0.3 is 10.3 Å². The molecular weight excluding hydrogens is 96.0 g/mol. The van der Waals surface area contributed by atoms with Crippen molar-refractivity contribution in [1.82, 2.24) is 0 Å². The summed E-state index contributed by atoms with van der Waals surface area (Å²) < 4.78 is 0. The Kier molecular flexibility index (Phi) is 12.4. The molecule has 0 aliphatic rings. The molecule has 7 heavy (non-hydrogen) atoms. The summed E-state index contributed by atoms with van der Waals surface area (Å²) in [5.41, 5.74) is 0. The molecule has 0 saturated heterocycles. The van der Waals surface area contributed by atoms with Crippen LogP contribution in [0.4, 0.5) is 0 Å². The van der Waals surface area contributed by atoms with Crippen molar-refractivity contribution >= 4 is 0 Å². The number of nitrogens with zero attached hydrogens (tertiary/aromatic N) is 1. The first-order chi connectivity index (χ1) is 2.91. The number of nitriles is 1. The molecule has 0 fully saturated rings. The maximum Gasteiger partial charge on any atom is 0.0809 e. The van der Waals surface area contributed by atoms with Gasteiger partial charge in [-0.25, -0.2) is 5.90 Å². The Morgan fingerprint density at radius 1 is 1.71 bits per heavy atom. The number of hydrogen-bond donors (Lipinski definition) is 1. The summed E-state index contributed by atoms with van der Waals surface area (Å²) >= 11 is 0. The fraction of sp³-hybridized carbons (Fsp3) is 0.667. The van der Waals surface area contributed by atoms with E-state index in [1.165, 1.54) is 0 Å². The molecular formula is C3H8N2O2. The van der Waals surface area contributed by atoms with Gasteiger partial charge in [0, 0.05) is 0 Å². The third-order valence-corrected chi connectivity index (χ3v) is 0.332. The average Bonchev–Trinajstić information content (AvgIpc) is 1.61. The lowest BCUT2D eigenvalue weighted by Gasteiger charge is -1.82. The van der Waals surface area contributed by atoms with Gasteiger partial charge in [0.2, 0.25) is 0 Å².